The van der Waals surface area contributed by atoms with Crippen LogP contribution in [0.2, 0.25) is 0 Å². The van der Waals surface area contributed by atoms with Gasteiger partial charge in [-0.15, -0.1) is 18.2 Å². The molecule has 196 valence electrons. The number of ether oxygens (including phenoxy) is 5. The van der Waals surface area contributed by atoms with Gasteiger partial charge in [-0.1, -0.05) is 0 Å². The molecule has 1 aromatic carbocycles. The second kappa shape index (κ2) is 9.67. The lowest BCUT2D eigenvalue weighted by atomic mass is 10.1. The molecule has 37 heavy (non-hydrogen) atoms. The summed E-state index contributed by atoms with van der Waals surface area (Å²) in [6.45, 7) is -0.533. The highest BCUT2D eigenvalue weighted by Crippen LogP contribution is 2.35. The van der Waals surface area contributed by atoms with Crippen molar-refractivity contribution in [3.63, 3.8) is 0 Å². The van der Waals surface area contributed by atoms with E-state index in [9.17, 15) is 32.3 Å². The topological polar surface area (TPSA) is 153 Å². The molecule has 0 aliphatic carbocycles. The predicted octanol–water partition coefficient (Wildman–Crippen LogP) is 1.31. The van der Waals surface area contributed by atoms with E-state index in [4.69, 9.17) is 24.7 Å². The van der Waals surface area contributed by atoms with Crippen LogP contribution in [-0.2, 0) is 28.5 Å². The van der Waals surface area contributed by atoms with E-state index in [0.717, 1.165) is 36.4 Å². The Hall–Kier alpha value is -4.24. The van der Waals surface area contributed by atoms with Crippen molar-refractivity contribution in [3.05, 3.63) is 54.3 Å². The SMILES string of the molecule is C[N+]1([C@@H]2O[C@H](COC(=O)c3ccc(OC(F)(F)F)cc3)C3OC(=O)/C=C\C(=O)O[C@@H]32)C=CC(N)=NC1=O. The Labute approximate surface area is 206 Å². The summed E-state index contributed by atoms with van der Waals surface area (Å²) < 4.78 is 62.0. The molecular weight excluding hydrogens is 507 g/mol. The minimum Gasteiger partial charge on any atom is -0.459 e. The maximum atomic E-state index is 12.7. The van der Waals surface area contributed by atoms with Gasteiger partial charge in [0.25, 0.3) is 0 Å². The third-order valence-electron chi connectivity index (χ3n) is 5.57. The number of fused-ring (bicyclic) bond motifs is 1. The van der Waals surface area contributed by atoms with Crippen LogP contribution in [0.3, 0.4) is 0 Å². The highest BCUT2D eigenvalue weighted by molar-refractivity contribution is 5.99. The van der Waals surface area contributed by atoms with E-state index < -0.39 is 71.7 Å². The zero-order chi connectivity index (χ0) is 27.0. The van der Waals surface area contributed by atoms with E-state index in [2.05, 4.69) is 9.73 Å². The first-order chi connectivity index (χ1) is 17.4. The van der Waals surface area contributed by atoms with Crippen LogP contribution in [0.15, 0.2) is 53.7 Å². The van der Waals surface area contributed by atoms with Crippen molar-refractivity contribution in [2.45, 2.75) is 30.9 Å². The summed E-state index contributed by atoms with van der Waals surface area (Å²) in [7, 11) is 1.40. The number of hydrogen-bond acceptors (Lipinski definition) is 10. The number of amidine groups is 1. The second-order valence-electron chi connectivity index (χ2n) is 8.15. The van der Waals surface area contributed by atoms with Crippen LogP contribution in [-0.4, -0.2) is 78.8 Å². The Bertz CT molecular complexity index is 1210. The number of carbonyl (C=O) groups is 4. The number of nitrogens with zero attached hydrogens (tertiary/aromatic N) is 2. The minimum absolute atomic E-state index is 0.0590. The van der Waals surface area contributed by atoms with Crippen LogP contribution in [0.5, 0.6) is 5.75 Å². The minimum atomic E-state index is -4.90. The fraction of sp³-hybridized carbons (Fsp3) is 0.318. The lowest BCUT2D eigenvalue weighted by molar-refractivity contribution is -0.834. The van der Waals surface area contributed by atoms with E-state index in [1.807, 2.05) is 0 Å². The summed E-state index contributed by atoms with van der Waals surface area (Å²) in [5.41, 5.74) is 5.46. The average Bonchev–Trinajstić information content (AvgIpc) is 3.14. The van der Waals surface area contributed by atoms with Gasteiger partial charge in [0.1, 0.15) is 30.5 Å². The van der Waals surface area contributed by atoms with Crippen LogP contribution < -0.4 is 10.5 Å². The standard InChI is InChI=1S/C22H18F3N3O9/c1-28(9-8-14(26)27-21(28)32)19-18-17(35-15(29)6-7-16(30)36-18)13(34-19)10-33-20(31)11-2-4-12(5-3-11)37-22(23,24)25/h2-9,13,17-19H,10H2,1H3,(H-,26,27,32)/p+1/b7-6-/t13-,17?,18+,19-,28?/m1/s1. The summed E-state index contributed by atoms with van der Waals surface area (Å²) in [6.07, 6.45) is -5.58. The molecule has 0 bridgehead atoms. The number of nitrogens with two attached hydrogens (primary N) is 1. The number of urea groups is 1. The zero-order valence-corrected chi connectivity index (χ0v) is 18.9. The number of alkyl halides is 3. The van der Waals surface area contributed by atoms with E-state index in [0.29, 0.717) is 0 Å². The Morgan fingerprint density at radius 2 is 1.68 bits per heavy atom. The lowest BCUT2D eigenvalue weighted by Crippen LogP contribution is -2.58. The zero-order valence-electron chi connectivity index (χ0n) is 18.9. The summed E-state index contributed by atoms with van der Waals surface area (Å²) in [6, 6.07) is 3.20. The number of esters is 3. The molecule has 3 aliphatic rings. The third kappa shape index (κ3) is 5.62. The quantitative estimate of drug-likeness (QED) is 0.338. The first-order valence-corrected chi connectivity index (χ1v) is 10.6. The summed E-state index contributed by atoms with van der Waals surface area (Å²) in [5.74, 6) is -3.34. The number of hydrogen-bond donors (Lipinski definition) is 1. The van der Waals surface area contributed by atoms with Crippen molar-refractivity contribution in [1.82, 2.24) is 0 Å². The van der Waals surface area contributed by atoms with E-state index in [1.54, 1.807) is 0 Å². The molecule has 1 saturated heterocycles. The maximum Gasteiger partial charge on any atom is 0.573 e. The molecule has 2 amide bonds. The van der Waals surface area contributed by atoms with Crippen molar-refractivity contribution in [2.75, 3.05) is 13.7 Å². The number of likely N-dealkylation sites (N-methyl/N-ethyl adjacent to an activating group) is 1. The summed E-state index contributed by atoms with van der Waals surface area (Å²) in [5, 5.41) is 0. The highest BCUT2D eigenvalue weighted by Gasteiger charge is 2.60. The first kappa shape index (κ1) is 25.8. The van der Waals surface area contributed by atoms with Crippen molar-refractivity contribution in [2.24, 2.45) is 10.7 Å². The molecule has 4 rings (SSSR count). The number of quaternary nitrogens is 1. The van der Waals surface area contributed by atoms with Gasteiger partial charge in [-0.3, -0.25) is 0 Å². The van der Waals surface area contributed by atoms with Gasteiger partial charge < -0.3 is 29.4 Å². The van der Waals surface area contributed by atoms with Crippen molar-refractivity contribution >= 4 is 29.8 Å². The number of rotatable bonds is 5. The molecule has 15 heteroatoms. The van der Waals surface area contributed by atoms with Gasteiger partial charge in [-0.05, 0) is 24.3 Å². The molecule has 0 radical (unpaired) electrons. The van der Waals surface area contributed by atoms with Crippen molar-refractivity contribution in [3.8, 4) is 5.75 Å². The van der Waals surface area contributed by atoms with E-state index >= 15 is 0 Å². The second-order valence-corrected chi connectivity index (χ2v) is 8.15. The Morgan fingerprint density at radius 3 is 2.27 bits per heavy atom. The average molecular weight is 526 g/mol. The number of aliphatic imine (C=N–C) groups is 1. The van der Waals surface area contributed by atoms with Crippen LogP contribution in [0.1, 0.15) is 10.4 Å². The Balaban J connectivity index is 1.53. The Kier molecular flexibility index (Phi) is 6.75. The largest absolute Gasteiger partial charge is 0.573 e. The normalized spacial score (nSPS) is 30.3. The summed E-state index contributed by atoms with van der Waals surface area (Å²) >= 11 is 0. The van der Waals surface area contributed by atoms with E-state index in [1.165, 1.54) is 19.3 Å². The monoisotopic (exact) mass is 526 g/mol. The third-order valence-corrected chi connectivity index (χ3v) is 5.57. The highest BCUT2D eigenvalue weighted by atomic mass is 19.4. The molecule has 0 aromatic heterocycles. The maximum absolute atomic E-state index is 12.7. The van der Waals surface area contributed by atoms with Crippen LogP contribution in [0.25, 0.3) is 0 Å². The molecule has 1 fully saturated rings. The van der Waals surface area contributed by atoms with Gasteiger partial charge in [0.15, 0.2) is 6.10 Å². The number of amides is 2. The Morgan fingerprint density at radius 1 is 1.05 bits per heavy atom. The number of carbonyl (C=O) groups excluding carboxylic acids is 4. The van der Waals surface area contributed by atoms with Crippen LogP contribution >= 0.6 is 0 Å². The fourth-order valence-electron chi connectivity index (χ4n) is 3.80. The van der Waals surface area contributed by atoms with Gasteiger partial charge >= 0.3 is 30.3 Å². The number of benzene rings is 1. The first-order valence-electron chi connectivity index (χ1n) is 10.6. The summed E-state index contributed by atoms with van der Waals surface area (Å²) in [4.78, 5) is 53.2. The van der Waals surface area contributed by atoms with Crippen LogP contribution in [0.4, 0.5) is 18.0 Å². The fourth-order valence-corrected chi connectivity index (χ4v) is 3.80. The molecule has 2 unspecified atom stereocenters. The molecule has 1 aromatic rings. The smallest absolute Gasteiger partial charge is 0.459 e. The molecular formula is C22H19F3N3O9+. The van der Waals surface area contributed by atoms with Gasteiger partial charge in [-0.25, -0.2) is 19.2 Å². The lowest BCUT2D eigenvalue weighted by Gasteiger charge is -2.34. The van der Waals surface area contributed by atoms with Crippen LogP contribution in [0, 0.1) is 0 Å². The molecule has 5 atom stereocenters. The van der Waals surface area contributed by atoms with Gasteiger partial charge in [0.05, 0.1) is 12.6 Å². The molecule has 0 saturated carbocycles. The van der Waals surface area contributed by atoms with E-state index in [-0.39, 0.29) is 11.4 Å². The van der Waals surface area contributed by atoms with Gasteiger partial charge in [0, 0.05) is 18.2 Å². The van der Waals surface area contributed by atoms with Crippen molar-refractivity contribution < 1.29 is 60.5 Å². The van der Waals surface area contributed by atoms with Gasteiger partial charge in [0.2, 0.25) is 12.3 Å². The predicted molar refractivity (Wildman–Crippen MR) is 113 cm³/mol. The van der Waals surface area contributed by atoms with Crippen molar-refractivity contribution in [1.29, 1.82) is 0 Å². The molecule has 3 heterocycles. The molecule has 3 aliphatic heterocycles. The molecule has 12 nitrogen and oxygen atoms in total. The number of halogens is 3. The van der Waals surface area contributed by atoms with Gasteiger partial charge in [-0.2, -0.15) is 4.48 Å². The molecule has 0 spiro atoms. The molecule has 2 N–H and O–H groups in total.